The Labute approximate surface area is 306 Å². The lowest BCUT2D eigenvalue weighted by molar-refractivity contribution is -0.146. The van der Waals surface area contributed by atoms with Crippen molar-refractivity contribution in [2.75, 3.05) is 32.0 Å². The molecule has 14 heteroatoms. The zero-order valence-electron chi connectivity index (χ0n) is 29.3. The van der Waals surface area contributed by atoms with Crippen LogP contribution in [0.3, 0.4) is 0 Å². The summed E-state index contributed by atoms with van der Waals surface area (Å²) in [6.07, 6.45) is 1.18. The van der Waals surface area contributed by atoms with Crippen LogP contribution in [0.15, 0.2) is 96.4 Å². The molecule has 1 N–H and O–H groups in total. The molecule has 0 bridgehead atoms. The Morgan fingerprint density at radius 3 is 2.33 bits per heavy atom. The lowest BCUT2D eigenvalue weighted by Crippen LogP contribution is -2.70. The van der Waals surface area contributed by atoms with Crippen molar-refractivity contribution in [2.24, 2.45) is 0 Å². The molecule has 3 fully saturated rings. The summed E-state index contributed by atoms with van der Waals surface area (Å²) in [5.74, 6) is -0.483. The fourth-order valence-electron chi connectivity index (χ4n) is 6.52. The van der Waals surface area contributed by atoms with Gasteiger partial charge in [0.2, 0.25) is 11.8 Å². The topological polar surface area (TPSA) is 144 Å². The summed E-state index contributed by atoms with van der Waals surface area (Å²) in [5.41, 5.74) is 1.60. The van der Waals surface area contributed by atoms with Gasteiger partial charge in [-0.2, -0.15) is 0 Å². The van der Waals surface area contributed by atoms with Crippen molar-refractivity contribution in [2.45, 2.75) is 62.8 Å². The third kappa shape index (κ3) is 8.12. The van der Waals surface area contributed by atoms with E-state index in [1.807, 2.05) is 60.7 Å². The summed E-state index contributed by atoms with van der Waals surface area (Å²) in [6, 6.07) is 17.3. The maximum absolute atomic E-state index is 13.7. The summed E-state index contributed by atoms with van der Waals surface area (Å²) in [5, 5.41) is 2.05. The van der Waals surface area contributed by atoms with Gasteiger partial charge < -0.3 is 34.1 Å². The van der Waals surface area contributed by atoms with Gasteiger partial charge >= 0.3 is 18.3 Å². The van der Waals surface area contributed by atoms with Crippen molar-refractivity contribution in [3.63, 3.8) is 0 Å². The first-order valence-electron chi connectivity index (χ1n) is 17.1. The first kappa shape index (κ1) is 36.5. The Balaban J connectivity index is 1.24. The highest BCUT2D eigenvalue weighted by Gasteiger charge is 2.54. The van der Waals surface area contributed by atoms with Gasteiger partial charge in [0.25, 0.3) is 5.91 Å². The molecule has 4 amide bonds. The first-order valence-corrected chi connectivity index (χ1v) is 18.2. The van der Waals surface area contributed by atoms with Crippen molar-refractivity contribution >= 4 is 41.9 Å². The van der Waals surface area contributed by atoms with E-state index < -0.39 is 47.4 Å². The van der Waals surface area contributed by atoms with Gasteiger partial charge in [0.05, 0.1) is 6.04 Å². The van der Waals surface area contributed by atoms with Crippen LogP contribution in [-0.4, -0.2) is 99.9 Å². The Morgan fingerprint density at radius 2 is 1.69 bits per heavy atom. The van der Waals surface area contributed by atoms with Crippen LogP contribution >= 0.6 is 11.8 Å². The molecule has 6 rings (SSSR count). The SMILES string of the molecule is C=CCOC(=O)N1CC[C@@H](N2CC/C(=C\C3=C(OC(=O)OC(c4ccccc4)c4ccccc4)N4C(=O)[C@@H](NC(=O)OC(C)(C)C)[C@H]4SC3)C2=O)C1. The van der Waals surface area contributed by atoms with E-state index in [0.29, 0.717) is 43.6 Å². The Morgan fingerprint density at radius 1 is 1.02 bits per heavy atom. The lowest BCUT2D eigenvalue weighted by atomic mass is 10.0. The number of hydrogen-bond donors (Lipinski definition) is 1. The summed E-state index contributed by atoms with van der Waals surface area (Å²) in [7, 11) is 0. The maximum Gasteiger partial charge on any atom is 0.516 e. The van der Waals surface area contributed by atoms with Gasteiger partial charge in [-0.15, -0.1) is 11.8 Å². The molecule has 4 heterocycles. The average molecular weight is 731 g/mol. The van der Waals surface area contributed by atoms with Crippen molar-refractivity contribution in [3.05, 3.63) is 108 Å². The largest absolute Gasteiger partial charge is 0.516 e. The molecule has 0 unspecified atom stereocenters. The second-order valence-electron chi connectivity index (χ2n) is 13.7. The van der Waals surface area contributed by atoms with Gasteiger partial charge in [-0.05, 0) is 50.8 Å². The molecule has 13 nitrogen and oxygen atoms in total. The standard InChI is InChI=1S/C38H42N4O9S/c1-5-20-48-36(46)40-18-17-28(22-40)41-19-16-26(31(41)43)21-27-23-52-34-29(39-35(45)51-38(2,3)4)32(44)42(34)33(27)50-37(47)49-30(24-12-8-6-9-13-24)25-14-10-7-11-15-25/h5-15,21,28-30,34H,1,16-20,22-23H2,2-4H3,(H,39,45)/b26-21+/t28-,29-,34-/m1/s1. The fraction of sp³-hybridized carbons (Fsp3) is 0.395. The van der Waals surface area contributed by atoms with Crippen molar-refractivity contribution in [1.29, 1.82) is 0 Å². The third-order valence-corrected chi connectivity index (χ3v) is 10.2. The molecule has 0 aliphatic carbocycles. The molecule has 52 heavy (non-hydrogen) atoms. The molecular formula is C38H42N4O9S. The van der Waals surface area contributed by atoms with Gasteiger partial charge in [-0.25, -0.2) is 14.4 Å². The number of benzene rings is 2. The fourth-order valence-corrected chi connectivity index (χ4v) is 7.80. The molecule has 3 atom stereocenters. The highest BCUT2D eigenvalue weighted by Crippen LogP contribution is 2.42. The van der Waals surface area contributed by atoms with Gasteiger partial charge in [0, 0.05) is 36.5 Å². The van der Waals surface area contributed by atoms with Crippen LogP contribution in [0.25, 0.3) is 0 Å². The van der Waals surface area contributed by atoms with E-state index in [-0.39, 0.29) is 30.2 Å². The van der Waals surface area contributed by atoms with Crippen molar-refractivity contribution in [1.82, 2.24) is 20.0 Å². The Kier molecular flexibility index (Phi) is 10.9. The number of carbonyl (C=O) groups is 5. The minimum atomic E-state index is -1.04. The number of β-lactam (4-membered cyclic amide) rings is 1. The zero-order chi connectivity index (χ0) is 37.0. The average Bonchev–Trinajstić information content (AvgIpc) is 3.75. The monoisotopic (exact) mass is 730 g/mol. The van der Waals surface area contributed by atoms with E-state index in [2.05, 4.69) is 11.9 Å². The Bertz CT molecular complexity index is 1740. The smallest absolute Gasteiger partial charge is 0.445 e. The van der Waals surface area contributed by atoms with Gasteiger partial charge in [0.1, 0.15) is 23.6 Å². The predicted molar refractivity (Wildman–Crippen MR) is 192 cm³/mol. The molecular weight excluding hydrogens is 689 g/mol. The van der Waals surface area contributed by atoms with Crippen LogP contribution in [-0.2, 0) is 28.5 Å². The van der Waals surface area contributed by atoms with Crippen molar-refractivity contribution < 1.29 is 42.9 Å². The van der Waals surface area contributed by atoms with Crippen LogP contribution in [0.1, 0.15) is 50.8 Å². The van der Waals surface area contributed by atoms with E-state index in [4.69, 9.17) is 18.9 Å². The summed E-state index contributed by atoms with van der Waals surface area (Å²) >= 11 is 1.36. The number of amides is 4. The number of carbonyl (C=O) groups excluding carboxylic acids is 5. The number of thioether (sulfide) groups is 1. The molecule has 4 aliphatic heterocycles. The molecule has 0 aromatic heterocycles. The highest BCUT2D eigenvalue weighted by molar-refractivity contribution is 8.00. The quantitative estimate of drug-likeness (QED) is 0.115. The van der Waals surface area contributed by atoms with Crippen molar-refractivity contribution in [3.8, 4) is 0 Å². The van der Waals surface area contributed by atoms with Crippen LogP contribution in [0, 0.1) is 0 Å². The van der Waals surface area contributed by atoms with Crippen LogP contribution in [0.5, 0.6) is 0 Å². The lowest BCUT2D eigenvalue weighted by Gasteiger charge is -2.49. The summed E-state index contributed by atoms with van der Waals surface area (Å²) in [4.78, 5) is 70.6. The van der Waals surface area contributed by atoms with E-state index in [0.717, 1.165) is 11.1 Å². The molecule has 0 radical (unpaired) electrons. The number of nitrogens with zero attached hydrogens (tertiary/aromatic N) is 3. The Hall–Kier alpha value is -5.24. The first-order chi connectivity index (χ1) is 24.9. The third-order valence-electron chi connectivity index (χ3n) is 8.91. The second-order valence-corrected chi connectivity index (χ2v) is 14.8. The van der Waals surface area contributed by atoms with Gasteiger partial charge in [-0.1, -0.05) is 73.3 Å². The second kappa shape index (κ2) is 15.6. The molecule has 2 aromatic rings. The number of fused-ring (bicyclic) bond motifs is 1. The van der Waals surface area contributed by atoms with E-state index in [9.17, 15) is 24.0 Å². The van der Waals surface area contributed by atoms with Crippen LogP contribution in [0.2, 0.25) is 0 Å². The normalized spacial score (nSPS) is 22.3. The number of allylic oxidation sites excluding steroid dienone is 1. The van der Waals surface area contributed by atoms with E-state index in [1.54, 1.807) is 36.6 Å². The maximum atomic E-state index is 13.7. The van der Waals surface area contributed by atoms with E-state index >= 15 is 0 Å². The number of rotatable bonds is 9. The summed E-state index contributed by atoms with van der Waals surface area (Å²) in [6.45, 7) is 10.1. The molecule has 274 valence electrons. The van der Waals surface area contributed by atoms with Gasteiger partial charge in [-0.3, -0.25) is 14.5 Å². The number of alkyl carbamates (subject to hydrolysis) is 1. The van der Waals surface area contributed by atoms with Gasteiger partial charge in [0.15, 0.2) is 6.10 Å². The highest BCUT2D eigenvalue weighted by atomic mass is 32.2. The zero-order valence-corrected chi connectivity index (χ0v) is 30.1. The number of hydrogen-bond acceptors (Lipinski definition) is 10. The molecule has 3 saturated heterocycles. The molecule has 0 saturated carbocycles. The number of nitrogens with one attached hydrogen (secondary N) is 1. The van der Waals surface area contributed by atoms with Crippen LogP contribution < -0.4 is 5.32 Å². The minimum Gasteiger partial charge on any atom is -0.445 e. The van der Waals surface area contributed by atoms with Crippen LogP contribution in [0.4, 0.5) is 14.4 Å². The summed E-state index contributed by atoms with van der Waals surface area (Å²) < 4.78 is 22.3. The van der Waals surface area contributed by atoms with E-state index in [1.165, 1.54) is 22.7 Å². The minimum absolute atomic E-state index is 0.0587. The number of likely N-dealkylation sites (tertiary alicyclic amines) is 2. The number of ether oxygens (including phenoxy) is 4. The molecule has 2 aromatic carbocycles. The molecule has 4 aliphatic rings. The predicted octanol–water partition coefficient (Wildman–Crippen LogP) is 5.50. The molecule has 0 spiro atoms.